The number of sulfonamides is 1. The first kappa shape index (κ1) is 18.4. The molecule has 0 aliphatic carbocycles. The molecular formula is C15H24N2O4S2. The highest BCUT2D eigenvalue weighted by molar-refractivity contribution is 7.89. The van der Waals surface area contributed by atoms with E-state index < -0.39 is 10.0 Å². The molecule has 2 atom stereocenters. The van der Waals surface area contributed by atoms with Gasteiger partial charge in [0.1, 0.15) is 0 Å². The van der Waals surface area contributed by atoms with Crippen molar-refractivity contribution in [2.24, 2.45) is 0 Å². The van der Waals surface area contributed by atoms with Gasteiger partial charge in [-0.1, -0.05) is 0 Å². The van der Waals surface area contributed by atoms with Gasteiger partial charge in [-0.3, -0.25) is 4.79 Å². The van der Waals surface area contributed by atoms with E-state index in [9.17, 15) is 13.2 Å². The number of carbonyl (C=O) groups is 1. The number of rotatable bonds is 7. The topological polar surface area (TPSA) is 75.7 Å². The fourth-order valence-corrected chi connectivity index (χ4v) is 4.78. The second-order valence-corrected chi connectivity index (χ2v) is 8.74. The summed E-state index contributed by atoms with van der Waals surface area (Å²) in [7, 11) is -3.36. The van der Waals surface area contributed by atoms with E-state index in [1.807, 2.05) is 30.7 Å². The van der Waals surface area contributed by atoms with Crippen molar-refractivity contribution in [2.75, 3.05) is 25.4 Å². The maximum Gasteiger partial charge on any atom is 0.220 e. The maximum absolute atomic E-state index is 12.3. The number of ether oxygens (including phenoxy) is 1. The van der Waals surface area contributed by atoms with Gasteiger partial charge in [0.05, 0.1) is 18.0 Å². The summed E-state index contributed by atoms with van der Waals surface area (Å²) in [5.74, 6) is -0.188. The van der Waals surface area contributed by atoms with E-state index in [1.165, 1.54) is 4.31 Å². The van der Waals surface area contributed by atoms with Gasteiger partial charge >= 0.3 is 0 Å². The van der Waals surface area contributed by atoms with Gasteiger partial charge in [0.2, 0.25) is 15.9 Å². The lowest BCUT2D eigenvalue weighted by molar-refractivity contribution is -0.120. The molecule has 1 amide bonds. The first-order valence-electron chi connectivity index (χ1n) is 7.78. The number of amides is 1. The van der Waals surface area contributed by atoms with E-state index in [-0.39, 0.29) is 30.4 Å². The van der Waals surface area contributed by atoms with Crippen molar-refractivity contribution >= 4 is 27.3 Å². The Morgan fingerprint density at radius 3 is 2.70 bits per heavy atom. The average Bonchev–Trinajstić information content (AvgIpc) is 2.97. The normalized spacial score (nSPS) is 22.9. The smallest absolute Gasteiger partial charge is 0.220 e. The molecule has 0 spiro atoms. The molecule has 1 aliphatic rings. The summed E-state index contributed by atoms with van der Waals surface area (Å²) in [6.45, 7) is 4.62. The predicted octanol–water partition coefficient (Wildman–Crippen LogP) is 1.24. The number of hydrogen-bond donors (Lipinski definition) is 1. The van der Waals surface area contributed by atoms with Crippen molar-refractivity contribution in [2.45, 2.75) is 38.9 Å². The van der Waals surface area contributed by atoms with Crippen LogP contribution in [0.4, 0.5) is 0 Å². The summed E-state index contributed by atoms with van der Waals surface area (Å²) < 4.78 is 31.7. The molecule has 1 aromatic heterocycles. The minimum absolute atomic E-state index is 0.0728. The molecule has 1 saturated heterocycles. The lowest BCUT2D eigenvalue weighted by Crippen LogP contribution is -2.49. The molecular weight excluding hydrogens is 336 g/mol. The van der Waals surface area contributed by atoms with Crippen molar-refractivity contribution in [3.8, 4) is 0 Å². The molecule has 1 fully saturated rings. The fourth-order valence-electron chi connectivity index (χ4n) is 2.59. The highest BCUT2D eigenvalue weighted by Crippen LogP contribution is 2.14. The number of nitrogens with one attached hydrogen (secondary N) is 1. The summed E-state index contributed by atoms with van der Waals surface area (Å²) in [6.07, 6.45) is 0.852. The van der Waals surface area contributed by atoms with E-state index in [0.29, 0.717) is 25.9 Å². The first-order valence-corrected chi connectivity index (χ1v) is 10.3. The van der Waals surface area contributed by atoms with Gasteiger partial charge in [0.15, 0.2) is 0 Å². The summed E-state index contributed by atoms with van der Waals surface area (Å²) in [5, 5.41) is 6.68. The molecule has 6 nitrogen and oxygen atoms in total. The van der Waals surface area contributed by atoms with Gasteiger partial charge in [-0.25, -0.2) is 8.42 Å². The van der Waals surface area contributed by atoms with Crippen molar-refractivity contribution in [3.05, 3.63) is 22.4 Å². The number of morpholine rings is 1. The van der Waals surface area contributed by atoms with Gasteiger partial charge in [0, 0.05) is 26.1 Å². The Labute approximate surface area is 141 Å². The minimum atomic E-state index is -3.36. The summed E-state index contributed by atoms with van der Waals surface area (Å²) in [6, 6.07) is 1.99. The number of carbonyl (C=O) groups excluding carboxylic acids is 1. The standard InChI is InChI=1S/C15H24N2O4S2/c1-12-9-17(10-13(2)21-12)23(19,20)8-6-16-15(18)4-3-14-5-7-22-11-14/h5,7,11-13H,3-4,6,8-10H2,1-2H3,(H,16,18)/t12-,13-/m1/s1. The lowest BCUT2D eigenvalue weighted by atomic mass is 10.2. The number of aryl methyl sites for hydroxylation is 1. The molecule has 0 bridgehead atoms. The Balaban J connectivity index is 1.72. The van der Waals surface area contributed by atoms with E-state index in [0.717, 1.165) is 5.56 Å². The van der Waals surface area contributed by atoms with E-state index in [4.69, 9.17) is 4.74 Å². The molecule has 2 rings (SSSR count). The number of nitrogens with zero attached hydrogens (tertiary/aromatic N) is 1. The summed E-state index contributed by atoms with van der Waals surface area (Å²) in [5.41, 5.74) is 1.13. The second kappa shape index (κ2) is 8.23. The van der Waals surface area contributed by atoms with Gasteiger partial charge in [-0.15, -0.1) is 0 Å². The minimum Gasteiger partial charge on any atom is -0.373 e. The molecule has 2 heterocycles. The van der Waals surface area contributed by atoms with Gasteiger partial charge in [0.25, 0.3) is 0 Å². The highest BCUT2D eigenvalue weighted by atomic mass is 32.2. The monoisotopic (exact) mass is 360 g/mol. The Morgan fingerprint density at radius 1 is 1.39 bits per heavy atom. The largest absolute Gasteiger partial charge is 0.373 e. The van der Waals surface area contributed by atoms with Gasteiger partial charge in [-0.2, -0.15) is 15.6 Å². The average molecular weight is 361 g/mol. The van der Waals surface area contributed by atoms with Gasteiger partial charge < -0.3 is 10.1 Å². The Hall–Kier alpha value is -0.960. The quantitative estimate of drug-likeness (QED) is 0.794. The molecule has 1 N–H and O–H groups in total. The molecule has 0 unspecified atom stereocenters. The highest BCUT2D eigenvalue weighted by Gasteiger charge is 2.30. The number of thiophene rings is 1. The van der Waals surface area contributed by atoms with Crippen LogP contribution in [0.3, 0.4) is 0 Å². The van der Waals surface area contributed by atoms with Crippen LogP contribution in [-0.2, 0) is 26.0 Å². The van der Waals surface area contributed by atoms with Crippen molar-refractivity contribution in [3.63, 3.8) is 0 Å². The lowest BCUT2D eigenvalue weighted by Gasteiger charge is -2.34. The molecule has 130 valence electrons. The van der Waals surface area contributed by atoms with Crippen LogP contribution in [0.25, 0.3) is 0 Å². The first-order chi connectivity index (χ1) is 10.9. The van der Waals surface area contributed by atoms with Crippen LogP contribution in [0.15, 0.2) is 16.8 Å². The van der Waals surface area contributed by atoms with Crippen LogP contribution in [0.1, 0.15) is 25.8 Å². The molecule has 0 radical (unpaired) electrons. The molecule has 0 aromatic carbocycles. The van der Waals surface area contributed by atoms with Crippen LogP contribution in [0.5, 0.6) is 0 Å². The molecule has 23 heavy (non-hydrogen) atoms. The van der Waals surface area contributed by atoms with E-state index in [1.54, 1.807) is 11.3 Å². The van der Waals surface area contributed by atoms with Crippen molar-refractivity contribution in [1.29, 1.82) is 0 Å². The maximum atomic E-state index is 12.3. The third-order valence-corrected chi connectivity index (χ3v) is 6.22. The van der Waals surface area contributed by atoms with Crippen LogP contribution >= 0.6 is 11.3 Å². The SMILES string of the molecule is C[C@@H]1CN(S(=O)(=O)CCNC(=O)CCc2ccsc2)C[C@@H](C)O1. The zero-order valence-corrected chi connectivity index (χ0v) is 15.2. The van der Waals surface area contributed by atoms with E-state index in [2.05, 4.69) is 5.32 Å². The van der Waals surface area contributed by atoms with Crippen molar-refractivity contribution in [1.82, 2.24) is 9.62 Å². The molecule has 0 saturated carbocycles. The Bertz CT molecular complexity index is 591. The molecule has 8 heteroatoms. The van der Waals surface area contributed by atoms with Crippen LogP contribution in [0, 0.1) is 0 Å². The van der Waals surface area contributed by atoms with Gasteiger partial charge in [-0.05, 0) is 42.7 Å². The fraction of sp³-hybridized carbons (Fsp3) is 0.667. The van der Waals surface area contributed by atoms with Crippen LogP contribution in [0.2, 0.25) is 0 Å². The predicted molar refractivity (Wildman–Crippen MR) is 91.0 cm³/mol. The third kappa shape index (κ3) is 5.87. The zero-order chi connectivity index (χ0) is 16.9. The third-order valence-electron chi connectivity index (χ3n) is 3.68. The number of hydrogen-bond acceptors (Lipinski definition) is 5. The Morgan fingerprint density at radius 2 is 2.09 bits per heavy atom. The summed E-state index contributed by atoms with van der Waals surface area (Å²) >= 11 is 1.60. The van der Waals surface area contributed by atoms with E-state index >= 15 is 0 Å². The zero-order valence-electron chi connectivity index (χ0n) is 13.5. The van der Waals surface area contributed by atoms with Crippen LogP contribution < -0.4 is 5.32 Å². The van der Waals surface area contributed by atoms with Crippen LogP contribution in [-0.4, -0.2) is 56.2 Å². The second-order valence-electron chi connectivity index (χ2n) is 5.87. The summed E-state index contributed by atoms with van der Waals surface area (Å²) in [4.78, 5) is 11.8. The Kier molecular flexibility index (Phi) is 6.58. The molecule has 1 aromatic rings. The molecule has 1 aliphatic heterocycles. The van der Waals surface area contributed by atoms with Crippen molar-refractivity contribution < 1.29 is 17.9 Å².